The van der Waals surface area contributed by atoms with E-state index in [4.69, 9.17) is 10.8 Å². The molecule has 0 bridgehead atoms. The molecular weight excluding hydrogens is 234 g/mol. The molecule has 96 valence electrons. The number of amides is 1. The fourth-order valence-corrected chi connectivity index (χ4v) is 2.01. The van der Waals surface area contributed by atoms with Gasteiger partial charge in [0, 0.05) is 37.6 Å². The Morgan fingerprint density at radius 2 is 1.94 bits per heavy atom. The standard InChI is InChI=1S/C12H15N3O3/c13-11-2-1-9(7-10(11)12(17)18)15-5-3-14(8-16)4-6-15/h1-2,7-8H,3-6,13H2,(H,17,18). The lowest BCUT2D eigenvalue weighted by atomic mass is 10.1. The number of carboxylic acid groups (broad SMARTS) is 1. The summed E-state index contributed by atoms with van der Waals surface area (Å²) < 4.78 is 0. The molecule has 0 aromatic heterocycles. The number of nitrogens with zero attached hydrogens (tertiary/aromatic N) is 2. The van der Waals surface area contributed by atoms with Gasteiger partial charge in [-0.15, -0.1) is 0 Å². The van der Waals surface area contributed by atoms with Gasteiger partial charge in [-0.3, -0.25) is 4.79 Å². The van der Waals surface area contributed by atoms with E-state index in [1.807, 2.05) is 4.90 Å². The maximum atomic E-state index is 11.0. The first kappa shape index (κ1) is 12.2. The summed E-state index contributed by atoms with van der Waals surface area (Å²) in [5.41, 5.74) is 6.81. The molecule has 6 nitrogen and oxygen atoms in total. The molecule has 6 heteroatoms. The Morgan fingerprint density at radius 1 is 1.28 bits per heavy atom. The minimum absolute atomic E-state index is 0.116. The number of anilines is 2. The molecule has 3 N–H and O–H groups in total. The van der Waals surface area contributed by atoms with Crippen molar-refractivity contribution in [1.82, 2.24) is 4.90 Å². The summed E-state index contributed by atoms with van der Waals surface area (Å²) >= 11 is 0. The van der Waals surface area contributed by atoms with Crippen molar-refractivity contribution in [2.45, 2.75) is 0 Å². The monoisotopic (exact) mass is 249 g/mol. The molecule has 2 rings (SSSR count). The van der Waals surface area contributed by atoms with E-state index in [0.29, 0.717) is 26.2 Å². The molecule has 0 spiro atoms. The topological polar surface area (TPSA) is 86.9 Å². The largest absolute Gasteiger partial charge is 0.478 e. The highest BCUT2D eigenvalue weighted by atomic mass is 16.4. The van der Waals surface area contributed by atoms with Gasteiger partial charge in [-0.2, -0.15) is 0 Å². The second-order valence-electron chi connectivity index (χ2n) is 4.21. The van der Waals surface area contributed by atoms with E-state index in [9.17, 15) is 9.59 Å². The third-order valence-corrected chi connectivity index (χ3v) is 3.10. The summed E-state index contributed by atoms with van der Waals surface area (Å²) in [6, 6.07) is 4.98. The van der Waals surface area contributed by atoms with Crippen molar-refractivity contribution in [1.29, 1.82) is 0 Å². The predicted molar refractivity (Wildman–Crippen MR) is 67.7 cm³/mol. The Balaban J connectivity index is 2.17. The molecule has 1 aliphatic heterocycles. The van der Waals surface area contributed by atoms with Crippen molar-refractivity contribution in [3.05, 3.63) is 23.8 Å². The van der Waals surface area contributed by atoms with Crippen molar-refractivity contribution in [2.24, 2.45) is 0 Å². The Bertz CT molecular complexity index is 468. The number of carbonyl (C=O) groups excluding carboxylic acids is 1. The minimum Gasteiger partial charge on any atom is -0.478 e. The van der Waals surface area contributed by atoms with Crippen molar-refractivity contribution >= 4 is 23.8 Å². The first-order valence-electron chi connectivity index (χ1n) is 5.69. The van der Waals surface area contributed by atoms with Crippen LogP contribution in [0.5, 0.6) is 0 Å². The summed E-state index contributed by atoms with van der Waals surface area (Å²) in [7, 11) is 0. The first-order chi connectivity index (χ1) is 8.61. The quantitative estimate of drug-likeness (QED) is 0.592. The maximum absolute atomic E-state index is 11.0. The number of hydrogen-bond acceptors (Lipinski definition) is 4. The highest BCUT2D eigenvalue weighted by Crippen LogP contribution is 2.22. The lowest BCUT2D eigenvalue weighted by Crippen LogP contribution is -2.45. The summed E-state index contributed by atoms with van der Waals surface area (Å²) in [6.45, 7) is 2.69. The van der Waals surface area contributed by atoms with Crippen LogP contribution in [0.4, 0.5) is 11.4 Å². The van der Waals surface area contributed by atoms with Crippen LogP contribution in [0.2, 0.25) is 0 Å². The van der Waals surface area contributed by atoms with Crippen molar-refractivity contribution in [3.63, 3.8) is 0 Å². The molecule has 0 saturated carbocycles. The second-order valence-corrected chi connectivity index (χ2v) is 4.21. The number of nitrogens with two attached hydrogens (primary N) is 1. The highest BCUT2D eigenvalue weighted by molar-refractivity contribution is 5.94. The molecule has 1 aliphatic rings. The van der Waals surface area contributed by atoms with Gasteiger partial charge < -0.3 is 20.6 Å². The van der Waals surface area contributed by atoms with Crippen LogP contribution in [0.3, 0.4) is 0 Å². The molecular formula is C12H15N3O3. The number of nitrogen functional groups attached to an aromatic ring is 1. The second kappa shape index (κ2) is 4.95. The first-order valence-corrected chi connectivity index (χ1v) is 5.69. The molecule has 1 saturated heterocycles. The van der Waals surface area contributed by atoms with Crippen LogP contribution in [0.25, 0.3) is 0 Å². The molecule has 1 fully saturated rings. The van der Waals surface area contributed by atoms with Crippen molar-refractivity contribution < 1.29 is 14.7 Å². The third-order valence-electron chi connectivity index (χ3n) is 3.10. The molecule has 0 radical (unpaired) electrons. The van der Waals surface area contributed by atoms with Crippen LogP contribution >= 0.6 is 0 Å². The van der Waals surface area contributed by atoms with Gasteiger partial charge in [0.25, 0.3) is 0 Å². The number of benzene rings is 1. The van der Waals surface area contributed by atoms with Crippen LogP contribution in [0.1, 0.15) is 10.4 Å². The average molecular weight is 249 g/mol. The zero-order valence-corrected chi connectivity index (χ0v) is 9.87. The van der Waals surface area contributed by atoms with Crippen LogP contribution in [0, 0.1) is 0 Å². The van der Waals surface area contributed by atoms with Crippen LogP contribution in [-0.4, -0.2) is 48.6 Å². The van der Waals surface area contributed by atoms with Gasteiger partial charge in [-0.05, 0) is 18.2 Å². The van der Waals surface area contributed by atoms with Crippen molar-refractivity contribution in [3.8, 4) is 0 Å². The van der Waals surface area contributed by atoms with Crippen LogP contribution in [0.15, 0.2) is 18.2 Å². The minimum atomic E-state index is -1.03. The molecule has 0 atom stereocenters. The van der Waals surface area contributed by atoms with Gasteiger partial charge in [0.1, 0.15) is 0 Å². The summed E-state index contributed by atoms with van der Waals surface area (Å²) in [5.74, 6) is -1.03. The molecule has 1 aromatic carbocycles. The Kier molecular flexibility index (Phi) is 3.36. The summed E-state index contributed by atoms with van der Waals surface area (Å²) in [6.07, 6.45) is 0.836. The number of carbonyl (C=O) groups is 2. The molecule has 1 heterocycles. The Morgan fingerprint density at radius 3 is 2.50 bits per heavy atom. The van der Waals surface area contributed by atoms with E-state index in [1.54, 1.807) is 23.1 Å². The van der Waals surface area contributed by atoms with Crippen LogP contribution in [-0.2, 0) is 4.79 Å². The van der Waals surface area contributed by atoms with Gasteiger partial charge >= 0.3 is 5.97 Å². The van der Waals surface area contributed by atoms with E-state index < -0.39 is 5.97 Å². The smallest absolute Gasteiger partial charge is 0.337 e. The molecule has 1 aromatic rings. The fraction of sp³-hybridized carbons (Fsp3) is 0.333. The SMILES string of the molecule is Nc1ccc(N2CCN(C=O)CC2)cc1C(=O)O. The van der Waals surface area contributed by atoms with Gasteiger partial charge in [0.2, 0.25) is 6.41 Å². The van der Waals surface area contributed by atoms with E-state index in [0.717, 1.165) is 12.1 Å². The summed E-state index contributed by atoms with van der Waals surface area (Å²) in [5, 5.41) is 9.02. The van der Waals surface area contributed by atoms with Crippen LogP contribution < -0.4 is 10.6 Å². The predicted octanol–water partition coefficient (Wildman–Crippen LogP) is 0.245. The number of carboxylic acids is 1. The normalized spacial score (nSPS) is 15.6. The number of rotatable bonds is 3. The van der Waals surface area contributed by atoms with E-state index >= 15 is 0 Å². The lowest BCUT2D eigenvalue weighted by molar-refractivity contribution is -0.118. The van der Waals surface area contributed by atoms with Gasteiger partial charge in [-0.1, -0.05) is 0 Å². The zero-order valence-electron chi connectivity index (χ0n) is 9.87. The average Bonchev–Trinajstić information content (AvgIpc) is 2.39. The summed E-state index contributed by atoms with van der Waals surface area (Å²) in [4.78, 5) is 25.4. The van der Waals surface area contributed by atoms with Gasteiger partial charge in [0.05, 0.1) is 5.56 Å². The van der Waals surface area contributed by atoms with E-state index in [1.165, 1.54) is 0 Å². The Labute approximate surface area is 105 Å². The van der Waals surface area contributed by atoms with Gasteiger partial charge in [-0.25, -0.2) is 4.79 Å². The Hall–Kier alpha value is -2.24. The van der Waals surface area contributed by atoms with Crippen molar-refractivity contribution in [2.75, 3.05) is 36.8 Å². The number of hydrogen-bond donors (Lipinski definition) is 2. The molecule has 1 amide bonds. The third kappa shape index (κ3) is 2.37. The number of aromatic carboxylic acids is 1. The fourth-order valence-electron chi connectivity index (χ4n) is 2.01. The lowest BCUT2D eigenvalue weighted by Gasteiger charge is -2.34. The zero-order chi connectivity index (χ0) is 13.1. The maximum Gasteiger partial charge on any atom is 0.337 e. The highest BCUT2D eigenvalue weighted by Gasteiger charge is 2.17. The molecule has 18 heavy (non-hydrogen) atoms. The van der Waals surface area contributed by atoms with E-state index in [-0.39, 0.29) is 11.3 Å². The van der Waals surface area contributed by atoms with E-state index in [2.05, 4.69) is 0 Å². The molecule has 0 aliphatic carbocycles. The van der Waals surface area contributed by atoms with Gasteiger partial charge in [0.15, 0.2) is 0 Å². The molecule has 0 unspecified atom stereocenters. The number of piperazine rings is 1.